The normalized spacial score (nSPS) is 10.3. The molecular formula is C11H11F2NO3. The van der Waals surface area contributed by atoms with Gasteiger partial charge >= 0.3 is 5.97 Å². The third kappa shape index (κ3) is 4.18. The second-order valence-electron chi connectivity index (χ2n) is 3.33. The number of carboxylic acids is 1. The molecule has 4 nitrogen and oxygen atoms in total. The van der Waals surface area contributed by atoms with Crippen LogP contribution in [0.1, 0.15) is 15.9 Å². The summed E-state index contributed by atoms with van der Waals surface area (Å²) < 4.78 is 23.7. The smallest absolute Gasteiger partial charge is 0.335 e. The van der Waals surface area contributed by atoms with Crippen molar-refractivity contribution < 1.29 is 23.5 Å². The molecule has 0 aliphatic carbocycles. The number of carbonyl (C=O) groups excluding carboxylic acids is 1. The monoisotopic (exact) mass is 243 g/mol. The minimum Gasteiger partial charge on any atom is -0.478 e. The van der Waals surface area contributed by atoms with Gasteiger partial charge < -0.3 is 10.4 Å². The average Bonchev–Trinajstić information content (AvgIpc) is 2.27. The molecule has 0 saturated carbocycles. The van der Waals surface area contributed by atoms with Crippen LogP contribution in [0.15, 0.2) is 24.3 Å². The van der Waals surface area contributed by atoms with E-state index in [2.05, 4.69) is 0 Å². The Kier molecular flexibility index (Phi) is 4.56. The van der Waals surface area contributed by atoms with Gasteiger partial charge in [-0.2, -0.15) is 0 Å². The summed E-state index contributed by atoms with van der Waals surface area (Å²) in [7, 11) is 0. The molecule has 0 spiro atoms. The molecule has 0 aliphatic rings. The van der Waals surface area contributed by atoms with Crippen molar-refractivity contribution >= 4 is 11.9 Å². The zero-order valence-electron chi connectivity index (χ0n) is 8.82. The van der Waals surface area contributed by atoms with Crippen LogP contribution in [0.4, 0.5) is 8.78 Å². The van der Waals surface area contributed by atoms with E-state index in [1.807, 2.05) is 5.32 Å². The van der Waals surface area contributed by atoms with E-state index in [-0.39, 0.29) is 12.0 Å². The minimum atomic E-state index is -2.62. The van der Waals surface area contributed by atoms with Gasteiger partial charge in [0.05, 0.1) is 18.5 Å². The molecule has 0 radical (unpaired) electrons. The second-order valence-corrected chi connectivity index (χ2v) is 3.33. The van der Waals surface area contributed by atoms with Gasteiger partial charge in [-0.3, -0.25) is 4.79 Å². The number of aromatic carboxylic acids is 1. The van der Waals surface area contributed by atoms with Crippen LogP contribution < -0.4 is 5.32 Å². The number of hydrogen-bond donors (Lipinski definition) is 2. The quantitative estimate of drug-likeness (QED) is 0.819. The Labute approximate surface area is 96.3 Å². The van der Waals surface area contributed by atoms with Crippen molar-refractivity contribution in [2.24, 2.45) is 0 Å². The number of hydrogen-bond acceptors (Lipinski definition) is 2. The van der Waals surface area contributed by atoms with Crippen molar-refractivity contribution in [2.75, 3.05) is 6.54 Å². The maximum absolute atomic E-state index is 11.8. The third-order valence-corrected chi connectivity index (χ3v) is 2.05. The van der Waals surface area contributed by atoms with Crippen molar-refractivity contribution in [3.63, 3.8) is 0 Å². The number of benzene rings is 1. The lowest BCUT2D eigenvalue weighted by Gasteiger charge is -2.06. The van der Waals surface area contributed by atoms with Gasteiger partial charge in [-0.25, -0.2) is 13.6 Å². The molecule has 1 aromatic rings. The van der Waals surface area contributed by atoms with Crippen molar-refractivity contribution in [3.8, 4) is 0 Å². The first-order chi connectivity index (χ1) is 8.00. The van der Waals surface area contributed by atoms with Crippen molar-refractivity contribution in [2.45, 2.75) is 12.8 Å². The molecule has 0 heterocycles. The molecule has 0 aromatic heterocycles. The fraction of sp³-hybridized carbons (Fsp3) is 0.273. The Bertz CT molecular complexity index is 421. The number of halogens is 2. The van der Waals surface area contributed by atoms with E-state index >= 15 is 0 Å². The van der Waals surface area contributed by atoms with Crippen LogP contribution in [0.5, 0.6) is 0 Å². The number of alkyl halides is 2. The highest BCUT2D eigenvalue weighted by Crippen LogP contribution is 2.09. The Morgan fingerprint density at radius 2 is 1.94 bits per heavy atom. The molecule has 0 unspecified atom stereocenters. The maximum atomic E-state index is 11.8. The summed E-state index contributed by atoms with van der Waals surface area (Å²) >= 11 is 0. The molecule has 17 heavy (non-hydrogen) atoms. The van der Waals surface area contributed by atoms with Crippen LogP contribution in [0.3, 0.4) is 0 Å². The molecule has 0 bridgehead atoms. The van der Waals surface area contributed by atoms with Crippen molar-refractivity contribution in [1.82, 2.24) is 5.32 Å². The molecule has 0 atom stereocenters. The molecule has 0 fully saturated rings. The van der Waals surface area contributed by atoms with E-state index < -0.39 is 24.8 Å². The van der Waals surface area contributed by atoms with Gasteiger partial charge in [-0.1, -0.05) is 18.2 Å². The van der Waals surface area contributed by atoms with Gasteiger partial charge in [0.15, 0.2) is 0 Å². The lowest BCUT2D eigenvalue weighted by molar-refractivity contribution is -0.121. The molecule has 1 aromatic carbocycles. The largest absolute Gasteiger partial charge is 0.478 e. The van der Waals surface area contributed by atoms with E-state index in [0.29, 0.717) is 5.56 Å². The van der Waals surface area contributed by atoms with Crippen LogP contribution >= 0.6 is 0 Å². The number of carboxylic acid groups (broad SMARTS) is 1. The summed E-state index contributed by atoms with van der Waals surface area (Å²) in [5, 5.41) is 10.9. The summed E-state index contributed by atoms with van der Waals surface area (Å²) in [6, 6.07) is 5.95. The second kappa shape index (κ2) is 5.93. The van der Waals surface area contributed by atoms with Gasteiger partial charge in [0.2, 0.25) is 5.91 Å². The number of rotatable bonds is 5. The van der Waals surface area contributed by atoms with Crippen LogP contribution in [-0.4, -0.2) is 30.0 Å². The third-order valence-electron chi connectivity index (χ3n) is 2.05. The van der Waals surface area contributed by atoms with Gasteiger partial charge in [0.1, 0.15) is 0 Å². The summed E-state index contributed by atoms with van der Waals surface area (Å²) in [6.07, 6.45) is -2.84. The predicted octanol–water partition coefficient (Wildman–Crippen LogP) is 1.31. The first kappa shape index (κ1) is 13.1. The van der Waals surface area contributed by atoms with E-state index in [1.165, 1.54) is 18.2 Å². The minimum absolute atomic E-state index is 0.000281. The maximum Gasteiger partial charge on any atom is 0.335 e. The van der Waals surface area contributed by atoms with Gasteiger partial charge in [-0.15, -0.1) is 0 Å². The van der Waals surface area contributed by atoms with Gasteiger partial charge in [0.25, 0.3) is 6.43 Å². The lowest BCUT2D eigenvalue weighted by atomic mass is 10.0. The highest BCUT2D eigenvalue weighted by atomic mass is 19.3. The number of nitrogens with one attached hydrogen (secondary N) is 1. The summed E-state index contributed by atoms with van der Waals surface area (Å²) in [5.74, 6) is -1.78. The molecular weight excluding hydrogens is 232 g/mol. The number of amides is 1. The zero-order valence-corrected chi connectivity index (χ0v) is 8.82. The topological polar surface area (TPSA) is 66.4 Å². The Balaban J connectivity index is 2.68. The van der Waals surface area contributed by atoms with Gasteiger partial charge in [-0.05, 0) is 11.6 Å². The lowest BCUT2D eigenvalue weighted by Crippen LogP contribution is -2.30. The van der Waals surface area contributed by atoms with E-state index in [1.54, 1.807) is 6.07 Å². The molecule has 1 amide bonds. The number of carbonyl (C=O) groups is 2. The fourth-order valence-electron chi connectivity index (χ4n) is 1.31. The summed E-state index contributed by atoms with van der Waals surface area (Å²) in [6.45, 7) is -0.728. The van der Waals surface area contributed by atoms with Crippen LogP contribution in [0.25, 0.3) is 0 Å². The molecule has 2 N–H and O–H groups in total. The first-order valence-electron chi connectivity index (χ1n) is 4.86. The highest BCUT2D eigenvalue weighted by molar-refractivity contribution is 5.91. The average molecular weight is 243 g/mol. The van der Waals surface area contributed by atoms with Crippen molar-refractivity contribution in [1.29, 1.82) is 0 Å². The summed E-state index contributed by atoms with van der Waals surface area (Å²) in [4.78, 5) is 22.1. The zero-order chi connectivity index (χ0) is 12.8. The molecule has 0 aliphatic heterocycles. The Morgan fingerprint density at radius 1 is 1.29 bits per heavy atom. The Morgan fingerprint density at radius 3 is 2.53 bits per heavy atom. The van der Waals surface area contributed by atoms with Gasteiger partial charge in [0, 0.05) is 0 Å². The molecule has 1 rings (SSSR count). The van der Waals surface area contributed by atoms with E-state index in [0.717, 1.165) is 0 Å². The molecule has 92 valence electrons. The SMILES string of the molecule is O=C(Cc1ccccc1C(=O)O)NCC(F)F. The highest BCUT2D eigenvalue weighted by Gasteiger charge is 2.13. The molecule has 6 heteroatoms. The standard InChI is InChI=1S/C11H11F2NO3/c12-9(13)6-14-10(15)5-7-3-1-2-4-8(7)11(16)17/h1-4,9H,5-6H2,(H,14,15)(H,16,17). The molecule has 0 saturated heterocycles. The Hall–Kier alpha value is -1.98. The van der Waals surface area contributed by atoms with Crippen LogP contribution in [-0.2, 0) is 11.2 Å². The predicted molar refractivity (Wildman–Crippen MR) is 56.1 cm³/mol. The fourth-order valence-corrected chi connectivity index (χ4v) is 1.31. The van der Waals surface area contributed by atoms with E-state index in [4.69, 9.17) is 5.11 Å². The van der Waals surface area contributed by atoms with Crippen LogP contribution in [0, 0.1) is 0 Å². The summed E-state index contributed by atoms with van der Waals surface area (Å²) in [5.41, 5.74) is 0.298. The van der Waals surface area contributed by atoms with E-state index in [9.17, 15) is 18.4 Å². The van der Waals surface area contributed by atoms with Crippen molar-refractivity contribution in [3.05, 3.63) is 35.4 Å². The first-order valence-corrected chi connectivity index (χ1v) is 4.86. The van der Waals surface area contributed by atoms with Crippen LogP contribution in [0.2, 0.25) is 0 Å².